The molecule has 0 bridgehead atoms. The molecule has 1 fully saturated rings. The summed E-state index contributed by atoms with van der Waals surface area (Å²) in [5.74, 6) is 2.02. The molecule has 0 amide bonds. The number of ether oxygens (including phenoxy) is 1. The van der Waals surface area contributed by atoms with Gasteiger partial charge in [-0.25, -0.2) is 4.98 Å². The van der Waals surface area contributed by atoms with Crippen LogP contribution in [0.2, 0.25) is 0 Å². The molecule has 0 saturated carbocycles. The second-order valence-electron chi connectivity index (χ2n) is 6.45. The molecule has 1 aromatic heterocycles. The van der Waals surface area contributed by atoms with Crippen molar-refractivity contribution in [1.29, 1.82) is 5.26 Å². The molecule has 3 heterocycles. The standard InChI is InChI=1S/C17H26N6O/c1-2-22-6-3-13-14(11-19)16(20-5-4-18)21-17(15(13)12-22)23-7-9-24-10-8-23/h2-10,12,18H2,1H3,(H,20,21)/p+3. The van der Waals surface area contributed by atoms with E-state index < -0.39 is 0 Å². The molecule has 0 radical (unpaired) electrons. The second-order valence-corrected chi connectivity index (χ2v) is 6.45. The van der Waals surface area contributed by atoms with Crippen molar-refractivity contribution in [2.75, 3.05) is 62.7 Å². The molecule has 0 aliphatic carbocycles. The van der Waals surface area contributed by atoms with E-state index in [0.29, 0.717) is 0 Å². The number of nitriles is 1. The molecular formula is C17H29N6O+3. The zero-order valence-electron chi connectivity index (χ0n) is 14.6. The Kier molecular flexibility index (Phi) is 5.51. The molecule has 6 N–H and O–H groups in total. The average molecular weight is 333 g/mol. The maximum absolute atomic E-state index is 9.73. The van der Waals surface area contributed by atoms with E-state index in [9.17, 15) is 5.26 Å². The number of anilines is 2. The Hall–Kier alpha value is -1.88. The number of nitrogens with one attached hydrogen (secondary N) is 3. The minimum absolute atomic E-state index is 0.759. The summed E-state index contributed by atoms with van der Waals surface area (Å²) in [4.78, 5) is 7.49. The normalized spacial score (nSPS) is 20.4. The Morgan fingerprint density at radius 2 is 2.17 bits per heavy atom. The lowest BCUT2D eigenvalue weighted by Crippen LogP contribution is -3.11. The molecule has 0 aromatic carbocycles. The highest BCUT2D eigenvalue weighted by Crippen LogP contribution is 2.28. The zero-order valence-corrected chi connectivity index (χ0v) is 14.6. The Bertz CT molecular complexity index is 620. The maximum Gasteiger partial charge on any atom is 0.237 e. The van der Waals surface area contributed by atoms with E-state index in [0.717, 1.165) is 76.8 Å². The van der Waals surface area contributed by atoms with Gasteiger partial charge < -0.3 is 15.4 Å². The smallest absolute Gasteiger partial charge is 0.237 e. The van der Waals surface area contributed by atoms with Gasteiger partial charge in [-0.15, -0.1) is 0 Å². The van der Waals surface area contributed by atoms with Crippen LogP contribution in [0, 0.1) is 11.3 Å². The highest BCUT2D eigenvalue weighted by Gasteiger charge is 2.32. The van der Waals surface area contributed by atoms with Crippen molar-refractivity contribution >= 4 is 11.6 Å². The number of aromatic nitrogens is 1. The number of quaternary nitrogens is 2. The first-order chi connectivity index (χ1) is 11.8. The summed E-state index contributed by atoms with van der Waals surface area (Å²) < 4.78 is 5.51. The van der Waals surface area contributed by atoms with Gasteiger partial charge in [0.1, 0.15) is 31.3 Å². The number of aromatic amines is 1. The maximum atomic E-state index is 9.73. The van der Waals surface area contributed by atoms with E-state index in [1.165, 1.54) is 16.9 Å². The van der Waals surface area contributed by atoms with Crippen LogP contribution in [0.5, 0.6) is 0 Å². The van der Waals surface area contributed by atoms with Crippen LogP contribution in [0.4, 0.5) is 11.6 Å². The quantitative estimate of drug-likeness (QED) is 0.571. The van der Waals surface area contributed by atoms with E-state index in [2.05, 4.69) is 33.9 Å². The van der Waals surface area contributed by atoms with Crippen LogP contribution in [-0.4, -0.2) is 52.5 Å². The van der Waals surface area contributed by atoms with Crippen LogP contribution in [-0.2, 0) is 17.7 Å². The number of likely N-dealkylation sites (N-methyl/N-ethyl adjacent to an activating group) is 1. The number of rotatable bonds is 5. The van der Waals surface area contributed by atoms with E-state index in [4.69, 9.17) is 4.74 Å². The van der Waals surface area contributed by atoms with Crippen molar-refractivity contribution < 1.29 is 20.4 Å². The molecule has 1 atom stereocenters. The fourth-order valence-electron chi connectivity index (χ4n) is 3.64. The lowest BCUT2D eigenvalue weighted by atomic mass is 9.95. The van der Waals surface area contributed by atoms with Crippen LogP contribution in [0.1, 0.15) is 23.6 Å². The molecule has 2 aliphatic heterocycles. The van der Waals surface area contributed by atoms with Crippen molar-refractivity contribution in [3.05, 3.63) is 16.7 Å². The van der Waals surface area contributed by atoms with E-state index in [1.54, 1.807) is 4.90 Å². The molecule has 1 aromatic rings. The van der Waals surface area contributed by atoms with Gasteiger partial charge in [-0.3, -0.25) is 10.2 Å². The predicted molar refractivity (Wildman–Crippen MR) is 90.8 cm³/mol. The average Bonchev–Trinajstić information content (AvgIpc) is 2.65. The third-order valence-electron chi connectivity index (χ3n) is 5.02. The Balaban J connectivity index is 2.06. The predicted octanol–water partition coefficient (Wildman–Crippen LogP) is -2.18. The van der Waals surface area contributed by atoms with Crippen molar-refractivity contribution in [3.8, 4) is 6.07 Å². The number of hydrogen-bond donors (Lipinski definition) is 3. The molecule has 1 saturated heterocycles. The van der Waals surface area contributed by atoms with E-state index in [1.807, 2.05) is 0 Å². The topological polar surface area (TPSA) is 94.5 Å². The Morgan fingerprint density at radius 3 is 2.83 bits per heavy atom. The van der Waals surface area contributed by atoms with Crippen molar-refractivity contribution in [2.45, 2.75) is 19.9 Å². The minimum Gasteiger partial charge on any atom is -0.375 e. The molecule has 2 aliphatic rings. The summed E-state index contributed by atoms with van der Waals surface area (Å²) in [5.41, 5.74) is 7.21. The van der Waals surface area contributed by atoms with Gasteiger partial charge in [-0.2, -0.15) is 5.26 Å². The monoisotopic (exact) mass is 333 g/mol. The summed E-state index contributed by atoms with van der Waals surface area (Å²) in [7, 11) is 0. The Morgan fingerprint density at radius 1 is 1.38 bits per heavy atom. The lowest BCUT2D eigenvalue weighted by molar-refractivity contribution is -0.914. The van der Waals surface area contributed by atoms with Crippen molar-refractivity contribution in [3.63, 3.8) is 0 Å². The highest BCUT2D eigenvalue weighted by atomic mass is 16.5. The number of hydrogen-bond acceptors (Lipinski definition) is 4. The van der Waals surface area contributed by atoms with Crippen molar-refractivity contribution in [2.24, 2.45) is 0 Å². The largest absolute Gasteiger partial charge is 0.375 e. The Labute approximate surface area is 143 Å². The highest BCUT2D eigenvalue weighted by molar-refractivity contribution is 5.61. The van der Waals surface area contributed by atoms with Crippen molar-refractivity contribution in [1.82, 2.24) is 0 Å². The molecular weight excluding hydrogens is 304 g/mol. The number of pyridine rings is 1. The summed E-state index contributed by atoms with van der Waals surface area (Å²) in [5, 5.41) is 13.1. The van der Waals surface area contributed by atoms with Crippen LogP contribution >= 0.6 is 0 Å². The van der Waals surface area contributed by atoms with Gasteiger partial charge in [0.25, 0.3) is 0 Å². The summed E-state index contributed by atoms with van der Waals surface area (Å²) in [6.45, 7) is 10.3. The molecule has 7 nitrogen and oxygen atoms in total. The minimum atomic E-state index is 0.759. The van der Waals surface area contributed by atoms with Gasteiger partial charge in [0, 0.05) is 6.42 Å². The molecule has 0 spiro atoms. The molecule has 7 heteroatoms. The fraction of sp³-hybridized carbons (Fsp3) is 0.647. The van der Waals surface area contributed by atoms with Gasteiger partial charge in [0.15, 0.2) is 0 Å². The van der Waals surface area contributed by atoms with Gasteiger partial charge in [0.05, 0.1) is 45.0 Å². The van der Waals surface area contributed by atoms with Gasteiger partial charge >= 0.3 is 0 Å². The van der Waals surface area contributed by atoms with Crippen LogP contribution in [0.3, 0.4) is 0 Å². The fourth-order valence-corrected chi connectivity index (χ4v) is 3.64. The lowest BCUT2D eigenvalue weighted by Gasteiger charge is -2.31. The zero-order chi connectivity index (χ0) is 16.9. The SMILES string of the molecule is CC[NH+]1CCc2c(C#N)c(NCC[NH3+])[nH+]c(N3CCOCC3)c2C1. The van der Waals surface area contributed by atoms with Crippen LogP contribution in [0.15, 0.2) is 0 Å². The molecule has 1 unspecified atom stereocenters. The molecule has 130 valence electrons. The summed E-state index contributed by atoms with van der Waals surface area (Å²) in [6.07, 6.45) is 0.965. The second kappa shape index (κ2) is 7.79. The van der Waals surface area contributed by atoms with Crippen LogP contribution in [0.25, 0.3) is 0 Å². The molecule has 24 heavy (non-hydrogen) atoms. The third kappa shape index (κ3) is 3.31. The number of H-pyrrole nitrogens is 1. The molecule has 3 rings (SSSR count). The van der Waals surface area contributed by atoms with E-state index >= 15 is 0 Å². The summed E-state index contributed by atoms with van der Waals surface area (Å²) >= 11 is 0. The van der Waals surface area contributed by atoms with E-state index in [-0.39, 0.29) is 0 Å². The first-order valence-corrected chi connectivity index (χ1v) is 8.99. The van der Waals surface area contributed by atoms with Gasteiger partial charge in [-0.05, 0) is 12.5 Å². The number of nitrogens with zero attached hydrogens (tertiary/aromatic N) is 2. The number of fused-ring (bicyclic) bond motifs is 1. The third-order valence-corrected chi connectivity index (χ3v) is 5.02. The van der Waals surface area contributed by atoms with Crippen LogP contribution < -0.4 is 25.8 Å². The first kappa shape index (κ1) is 17.0. The van der Waals surface area contributed by atoms with Gasteiger partial charge in [-0.1, -0.05) is 0 Å². The first-order valence-electron chi connectivity index (χ1n) is 8.99. The van der Waals surface area contributed by atoms with Gasteiger partial charge in [0.2, 0.25) is 11.6 Å². The number of morpholine rings is 1. The summed E-state index contributed by atoms with van der Waals surface area (Å²) in [6, 6.07) is 2.43.